The van der Waals surface area contributed by atoms with Gasteiger partial charge < -0.3 is 5.32 Å². The highest BCUT2D eigenvalue weighted by atomic mass is 35.5. The van der Waals surface area contributed by atoms with Crippen LogP contribution in [0.2, 0.25) is 5.02 Å². The summed E-state index contributed by atoms with van der Waals surface area (Å²) in [5.41, 5.74) is 1.22. The minimum atomic E-state index is 0.540. The first-order valence-electron chi connectivity index (χ1n) is 7.57. The van der Waals surface area contributed by atoms with E-state index in [9.17, 15) is 0 Å². The molecule has 1 N–H and O–H groups in total. The van der Waals surface area contributed by atoms with Gasteiger partial charge in [-0.1, -0.05) is 43.7 Å². The zero-order valence-corrected chi connectivity index (χ0v) is 12.6. The van der Waals surface area contributed by atoms with Gasteiger partial charge in [0, 0.05) is 18.4 Å². The molecule has 1 aliphatic rings. The summed E-state index contributed by atoms with van der Waals surface area (Å²) in [5.74, 6) is 0.787. The summed E-state index contributed by atoms with van der Waals surface area (Å²) in [7, 11) is 2.08. The molecule has 2 nitrogen and oxygen atoms in total. The van der Waals surface area contributed by atoms with E-state index in [4.69, 9.17) is 11.6 Å². The quantitative estimate of drug-likeness (QED) is 0.893. The minimum absolute atomic E-state index is 0.540. The van der Waals surface area contributed by atoms with Gasteiger partial charge in [0.15, 0.2) is 0 Å². The predicted octanol–water partition coefficient (Wildman–Crippen LogP) is 4.23. The normalized spacial score (nSPS) is 19.7. The van der Waals surface area contributed by atoms with Crippen molar-refractivity contribution in [2.45, 2.75) is 57.4 Å². The molecule has 1 aromatic heterocycles. The lowest BCUT2D eigenvalue weighted by Crippen LogP contribution is -2.36. The topological polar surface area (TPSA) is 24.9 Å². The minimum Gasteiger partial charge on any atom is -0.316 e. The van der Waals surface area contributed by atoms with Crippen molar-refractivity contribution in [1.29, 1.82) is 0 Å². The number of pyridine rings is 1. The van der Waals surface area contributed by atoms with E-state index in [1.165, 1.54) is 50.5 Å². The summed E-state index contributed by atoms with van der Waals surface area (Å²) in [6, 6.07) is 2.59. The maximum Gasteiger partial charge on any atom is 0.0621 e. The number of likely N-dealkylation sites (N-methyl/N-ethyl adjacent to an activating group) is 1. The number of nitrogens with one attached hydrogen (secondary N) is 1. The second kappa shape index (κ2) is 7.86. The van der Waals surface area contributed by atoms with Crippen LogP contribution in [0.25, 0.3) is 0 Å². The predicted molar refractivity (Wildman–Crippen MR) is 81.6 cm³/mol. The molecule has 19 heavy (non-hydrogen) atoms. The number of hydrogen-bond acceptors (Lipinski definition) is 2. The van der Waals surface area contributed by atoms with E-state index < -0.39 is 0 Å². The molecule has 1 atom stereocenters. The van der Waals surface area contributed by atoms with Crippen molar-refractivity contribution in [1.82, 2.24) is 10.3 Å². The van der Waals surface area contributed by atoms with Crippen molar-refractivity contribution in [3.8, 4) is 0 Å². The van der Waals surface area contributed by atoms with Gasteiger partial charge in [-0.3, -0.25) is 4.98 Å². The molecule has 0 amide bonds. The molecule has 1 aliphatic carbocycles. The molecule has 106 valence electrons. The molecule has 0 spiro atoms. The Morgan fingerprint density at radius 2 is 1.95 bits per heavy atom. The lowest BCUT2D eigenvalue weighted by molar-refractivity contribution is 0.294. The van der Waals surface area contributed by atoms with Crippen LogP contribution < -0.4 is 5.32 Å². The van der Waals surface area contributed by atoms with Crippen molar-refractivity contribution in [3.05, 3.63) is 29.0 Å². The van der Waals surface area contributed by atoms with Crippen LogP contribution in [0.1, 0.15) is 50.5 Å². The molecule has 0 aliphatic heterocycles. The van der Waals surface area contributed by atoms with Gasteiger partial charge in [0.2, 0.25) is 0 Å². The van der Waals surface area contributed by atoms with Crippen molar-refractivity contribution in [2.24, 2.45) is 5.92 Å². The Labute approximate surface area is 122 Å². The molecule has 1 heterocycles. The van der Waals surface area contributed by atoms with Gasteiger partial charge >= 0.3 is 0 Å². The molecule has 0 bridgehead atoms. The van der Waals surface area contributed by atoms with Crippen LogP contribution in [0.4, 0.5) is 0 Å². The Balaban J connectivity index is 2.00. The van der Waals surface area contributed by atoms with Gasteiger partial charge in [-0.05, 0) is 43.9 Å². The molecule has 0 saturated heterocycles. The first-order chi connectivity index (χ1) is 9.31. The Morgan fingerprint density at radius 3 is 2.58 bits per heavy atom. The third-order valence-electron chi connectivity index (χ3n) is 4.39. The highest BCUT2D eigenvalue weighted by Gasteiger charge is 2.21. The van der Waals surface area contributed by atoms with Crippen LogP contribution in [0.15, 0.2) is 18.5 Å². The Bertz CT molecular complexity index is 373. The third-order valence-corrected chi connectivity index (χ3v) is 4.73. The summed E-state index contributed by atoms with van der Waals surface area (Å²) < 4.78 is 0. The maximum absolute atomic E-state index is 6.23. The lowest BCUT2D eigenvalue weighted by Gasteiger charge is -2.29. The number of aromatic nitrogens is 1. The molecular weight excluding hydrogens is 256 g/mol. The third kappa shape index (κ3) is 4.47. The van der Waals surface area contributed by atoms with Gasteiger partial charge in [0.05, 0.1) is 5.02 Å². The van der Waals surface area contributed by atoms with Crippen molar-refractivity contribution in [3.63, 3.8) is 0 Å². The fourth-order valence-corrected chi connectivity index (χ4v) is 3.40. The van der Waals surface area contributed by atoms with Gasteiger partial charge in [-0.15, -0.1) is 0 Å². The molecule has 1 fully saturated rings. The molecule has 0 aromatic carbocycles. The van der Waals surface area contributed by atoms with E-state index >= 15 is 0 Å². The Hall–Kier alpha value is -0.600. The number of rotatable bonds is 4. The second-order valence-corrected chi connectivity index (χ2v) is 6.08. The van der Waals surface area contributed by atoms with E-state index in [0.29, 0.717) is 6.04 Å². The van der Waals surface area contributed by atoms with E-state index in [1.807, 2.05) is 6.20 Å². The fourth-order valence-electron chi connectivity index (χ4n) is 3.20. The number of halogens is 1. The number of nitrogens with zero attached hydrogens (tertiary/aromatic N) is 1. The largest absolute Gasteiger partial charge is 0.316 e. The first kappa shape index (κ1) is 14.8. The van der Waals surface area contributed by atoms with Crippen LogP contribution in [-0.4, -0.2) is 18.1 Å². The second-order valence-electron chi connectivity index (χ2n) is 5.67. The summed E-state index contributed by atoms with van der Waals surface area (Å²) in [4.78, 5) is 4.07. The van der Waals surface area contributed by atoms with E-state index in [-0.39, 0.29) is 0 Å². The highest BCUT2D eigenvalue weighted by Crippen LogP contribution is 2.27. The van der Waals surface area contributed by atoms with Crippen molar-refractivity contribution in [2.75, 3.05) is 7.05 Å². The smallest absolute Gasteiger partial charge is 0.0621 e. The van der Waals surface area contributed by atoms with Crippen molar-refractivity contribution >= 4 is 11.6 Å². The van der Waals surface area contributed by atoms with Crippen LogP contribution in [0.5, 0.6) is 0 Å². The van der Waals surface area contributed by atoms with Gasteiger partial charge in [0.25, 0.3) is 0 Å². The van der Waals surface area contributed by atoms with E-state index in [2.05, 4.69) is 23.4 Å². The van der Waals surface area contributed by atoms with Crippen LogP contribution in [0, 0.1) is 5.92 Å². The average Bonchev–Trinajstić information content (AvgIpc) is 2.38. The van der Waals surface area contributed by atoms with E-state index in [0.717, 1.165) is 17.4 Å². The van der Waals surface area contributed by atoms with Gasteiger partial charge in [-0.2, -0.15) is 0 Å². The Kier molecular flexibility index (Phi) is 6.12. The fraction of sp³-hybridized carbons (Fsp3) is 0.688. The highest BCUT2D eigenvalue weighted by molar-refractivity contribution is 6.31. The molecule has 0 radical (unpaired) electrons. The maximum atomic E-state index is 6.23. The molecule has 2 rings (SSSR count). The summed E-state index contributed by atoms with van der Waals surface area (Å²) in [6.07, 6.45) is 14.3. The molecule has 1 aromatic rings. The monoisotopic (exact) mass is 280 g/mol. The zero-order valence-electron chi connectivity index (χ0n) is 11.9. The molecule has 1 unspecified atom stereocenters. The lowest BCUT2D eigenvalue weighted by atomic mass is 9.83. The van der Waals surface area contributed by atoms with Crippen LogP contribution >= 0.6 is 11.6 Å². The number of hydrogen-bond donors (Lipinski definition) is 1. The van der Waals surface area contributed by atoms with Gasteiger partial charge in [0.1, 0.15) is 0 Å². The molecule has 1 saturated carbocycles. The average molecular weight is 281 g/mol. The summed E-state index contributed by atoms with van der Waals surface area (Å²) in [6.45, 7) is 0. The van der Waals surface area contributed by atoms with Gasteiger partial charge in [-0.25, -0.2) is 0 Å². The zero-order chi connectivity index (χ0) is 13.5. The summed E-state index contributed by atoms with van der Waals surface area (Å²) in [5, 5.41) is 4.32. The SMILES string of the molecule is CNC(Cc1ccncc1Cl)C1CCCCCCC1. The molecular formula is C16H25ClN2. The molecule has 3 heteroatoms. The van der Waals surface area contributed by atoms with Crippen LogP contribution in [-0.2, 0) is 6.42 Å². The van der Waals surface area contributed by atoms with E-state index in [1.54, 1.807) is 6.20 Å². The standard InChI is InChI=1S/C16H25ClN2/c1-18-16(11-14-9-10-19-12-15(14)17)13-7-5-3-2-4-6-8-13/h9-10,12-13,16,18H,2-8,11H2,1H3. The summed E-state index contributed by atoms with van der Waals surface area (Å²) >= 11 is 6.23. The van der Waals surface area contributed by atoms with Crippen molar-refractivity contribution < 1.29 is 0 Å². The van der Waals surface area contributed by atoms with Crippen LogP contribution in [0.3, 0.4) is 0 Å². The first-order valence-corrected chi connectivity index (χ1v) is 7.94. The Morgan fingerprint density at radius 1 is 1.26 bits per heavy atom.